The summed E-state index contributed by atoms with van der Waals surface area (Å²) >= 11 is 0. The SMILES string of the molecule is CNS(=O)(=O)N1CCc2cc(Cc3ncc(F)c(-c4cc(F)c5c(c4)N(C(C)C)CCO5)n3)ccc2C1. The zero-order chi connectivity index (χ0) is 26.3. The minimum absolute atomic E-state index is 0.0341. The second-order valence-electron chi connectivity index (χ2n) is 9.50. The van der Waals surface area contributed by atoms with Crippen molar-refractivity contribution in [3.05, 3.63) is 70.7 Å². The quantitative estimate of drug-likeness (QED) is 0.527. The third-order valence-corrected chi connectivity index (χ3v) is 8.32. The fourth-order valence-electron chi connectivity index (χ4n) is 4.87. The summed E-state index contributed by atoms with van der Waals surface area (Å²) < 4.78 is 63.4. The van der Waals surface area contributed by atoms with Crippen LogP contribution in [0.25, 0.3) is 11.3 Å². The lowest BCUT2D eigenvalue weighted by Crippen LogP contribution is -2.41. The number of benzene rings is 2. The Labute approximate surface area is 215 Å². The fourth-order valence-corrected chi connectivity index (χ4v) is 5.77. The minimum Gasteiger partial charge on any atom is -0.486 e. The predicted octanol–water partition coefficient (Wildman–Crippen LogP) is 3.44. The molecule has 8 nitrogen and oxygen atoms in total. The molecule has 2 aliphatic heterocycles. The van der Waals surface area contributed by atoms with Gasteiger partial charge in [0.1, 0.15) is 18.1 Å². The van der Waals surface area contributed by atoms with Gasteiger partial charge in [0.15, 0.2) is 17.4 Å². The normalized spacial score (nSPS) is 15.9. The van der Waals surface area contributed by atoms with Crippen molar-refractivity contribution < 1.29 is 21.9 Å². The van der Waals surface area contributed by atoms with Gasteiger partial charge in [-0.2, -0.15) is 12.7 Å². The number of nitrogens with zero attached hydrogens (tertiary/aromatic N) is 4. The van der Waals surface area contributed by atoms with Gasteiger partial charge in [-0.15, -0.1) is 0 Å². The first-order valence-corrected chi connectivity index (χ1v) is 13.6. The lowest BCUT2D eigenvalue weighted by molar-refractivity contribution is 0.287. The Morgan fingerprint density at radius 2 is 1.92 bits per heavy atom. The number of hydrogen-bond donors (Lipinski definition) is 1. The van der Waals surface area contributed by atoms with E-state index in [1.165, 1.54) is 17.4 Å². The van der Waals surface area contributed by atoms with Crippen molar-refractivity contribution in [3.63, 3.8) is 0 Å². The Kier molecular flexibility index (Phi) is 6.86. The van der Waals surface area contributed by atoms with Crippen LogP contribution in [-0.2, 0) is 29.6 Å². The van der Waals surface area contributed by atoms with Gasteiger partial charge >= 0.3 is 0 Å². The molecule has 2 aromatic carbocycles. The maximum Gasteiger partial charge on any atom is 0.279 e. The smallest absolute Gasteiger partial charge is 0.279 e. The molecule has 3 heterocycles. The second-order valence-corrected chi connectivity index (χ2v) is 11.4. The Balaban J connectivity index is 1.42. The third-order valence-electron chi connectivity index (χ3n) is 6.81. The summed E-state index contributed by atoms with van der Waals surface area (Å²) in [5.41, 5.74) is 3.87. The van der Waals surface area contributed by atoms with E-state index >= 15 is 0 Å². The summed E-state index contributed by atoms with van der Waals surface area (Å²) in [7, 11) is -2.08. The summed E-state index contributed by atoms with van der Waals surface area (Å²) in [6, 6.07) is 8.92. The summed E-state index contributed by atoms with van der Waals surface area (Å²) in [6.45, 7) is 5.71. The molecule has 1 aromatic heterocycles. The molecule has 0 amide bonds. The molecule has 0 radical (unpaired) electrons. The van der Waals surface area contributed by atoms with Gasteiger partial charge in [-0.3, -0.25) is 0 Å². The Morgan fingerprint density at radius 3 is 2.68 bits per heavy atom. The van der Waals surface area contributed by atoms with Crippen molar-refractivity contribution >= 4 is 15.9 Å². The van der Waals surface area contributed by atoms with Crippen LogP contribution < -0.4 is 14.4 Å². The van der Waals surface area contributed by atoms with Crippen LogP contribution in [0.5, 0.6) is 5.75 Å². The number of anilines is 1. The van der Waals surface area contributed by atoms with E-state index in [4.69, 9.17) is 4.74 Å². The Hall–Kier alpha value is -3.15. The van der Waals surface area contributed by atoms with Crippen LogP contribution in [0.15, 0.2) is 36.5 Å². The molecule has 3 aromatic rings. The van der Waals surface area contributed by atoms with Crippen LogP contribution in [0.2, 0.25) is 0 Å². The topological polar surface area (TPSA) is 87.7 Å². The van der Waals surface area contributed by atoms with Gasteiger partial charge in [0, 0.05) is 38.2 Å². The van der Waals surface area contributed by atoms with E-state index < -0.39 is 21.8 Å². The first kappa shape index (κ1) is 25.5. The molecule has 37 heavy (non-hydrogen) atoms. The number of nitrogens with one attached hydrogen (secondary N) is 1. The van der Waals surface area contributed by atoms with Crippen molar-refractivity contribution in [3.8, 4) is 17.0 Å². The van der Waals surface area contributed by atoms with E-state index in [-0.39, 0.29) is 17.5 Å². The summed E-state index contributed by atoms with van der Waals surface area (Å²) in [6.07, 6.45) is 2.06. The van der Waals surface area contributed by atoms with Gasteiger partial charge in [-0.25, -0.2) is 23.5 Å². The third kappa shape index (κ3) is 5.03. The lowest BCUT2D eigenvalue weighted by Gasteiger charge is -2.34. The maximum absolute atomic E-state index is 15.0. The van der Waals surface area contributed by atoms with Crippen molar-refractivity contribution in [1.29, 1.82) is 0 Å². The van der Waals surface area contributed by atoms with Crippen LogP contribution in [-0.4, -0.2) is 55.5 Å². The largest absolute Gasteiger partial charge is 0.486 e. The number of rotatable bonds is 6. The van der Waals surface area contributed by atoms with E-state index in [1.807, 2.05) is 36.9 Å². The molecule has 0 fully saturated rings. The van der Waals surface area contributed by atoms with Crippen molar-refractivity contribution in [2.24, 2.45) is 0 Å². The average molecular weight is 530 g/mol. The first-order chi connectivity index (χ1) is 17.7. The van der Waals surface area contributed by atoms with Crippen LogP contribution in [0, 0.1) is 11.6 Å². The van der Waals surface area contributed by atoms with E-state index in [0.717, 1.165) is 22.9 Å². The predicted molar refractivity (Wildman–Crippen MR) is 137 cm³/mol. The van der Waals surface area contributed by atoms with E-state index in [2.05, 4.69) is 14.7 Å². The lowest BCUT2D eigenvalue weighted by atomic mass is 9.97. The highest BCUT2D eigenvalue weighted by Gasteiger charge is 2.27. The van der Waals surface area contributed by atoms with Gasteiger partial charge in [-0.1, -0.05) is 18.2 Å². The maximum atomic E-state index is 15.0. The number of halogens is 2. The van der Waals surface area contributed by atoms with Crippen molar-refractivity contribution in [2.75, 3.05) is 31.6 Å². The van der Waals surface area contributed by atoms with Gasteiger partial charge < -0.3 is 9.64 Å². The Bertz CT molecular complexity index is 1450. The number of aromatic nitrogens is 2. The molecule has 0 bridgehead atoms. The van der Waals surface area contributed by atoms with Crippen molar-refractivity contribution in [2.45, 2.75) is 39.3 Å². The van der Waals surface area contributed by atoms with Crippen LogP contribution in [0.1, 0.15) is 36.4 Å². The molecule has 5 rings (SSSR count). The molecule has 0 saturated carbocycles. The Morgan fingerprint density at radius 1 is 1.11 bits per heavy atom. The molecule has 0 atom stereocenters. The summed E-state index contributed by atoms with van der Waals surface area (Å²) in [4.78, 5) is 10.7. The number of fused-ring (bicyclic) bond motifs is 2. The molecule has 1 N–H and O–H groups in total. The van der Waals surface area contributed by atoms with E-state index in [1.54, 1.807) is 6.07 Å². The van der Waals surface area contributed by atoms with E-state index in [9.17, 15) is 17.2 Å². The summed E-state index contributed by atoms with van der Waals surface area (Å²) in [5, 5.41) is 0. The molecule has 196 valence electrons. The molecule has 11 heteroatoms. The second kappa shape index (κ2) is 9.96. The first-order valence-electron chi connectivity index (χ1n) is 12.2. The summed E-state index contributed by atoms with van der Waals surface area (Å²) in [5.74, 6) is -0.608. The highest BCUT2D eigenvalue weighted by atomic mass is 32.2. The monoisotopic (exact) mass is 529 g/mol. The molecule has 0 saturated heterocycles. The number of hydrogen-bond acceptors (Lipinski definition) is 6. The van der Waals surface area contributed by atoms with Gasteiger partial charge in [0.25, 0.3) is 10.2 Å². The van der Waals surface area contributed by atoms with E-state index in [0.29, 0.717) is 56.2 Å². The van der Waals surface area contributed by atoms with Crippen LogP contribution >= 0.6 is 0 Å². The minimum atomic E-state index is -3.48. The van der Waals surface area contributed by atoms with Gasteiger partial charge in [-0.05, 0) is 49.1 Å². The molecule has 2 aliphatic rings. The molecule has 0 spiro atoms. The highest BCUT2D eigenvalue weighted by molar-refractivity contribution is 7.87. The standard InChI is InChI=1S/C26H29F2N5O3S/c1-16(2)33-8-9-36-26-21(27)12-20(13-23(26)33)25-22(28)14-30-24(31-25)11-17-4-5-19-15-32(37(34,35)29-3)7-6-18(19)10-17/h4-5,10,12-14,16,29H,6-9,11,15H2,1-3H3. The highest BCUT2D eigenvalue weighted by Crippen LogP contribution is 2.39. The fraction of sp³-hybridized carbons (Fsp3) is 0.385. The zero-order valence-electron chi connectivity index (χ0n) is 21.0. The molecule has 0 aliphatic carbocycles. The van der Waals surface area contributed by atoms with Crippen molar-refractivity contribution in [1.82, 2.24) is 19.0 Å². The number of ether oxygens (including phenoxy) is 1. The average Bonchev–Trinajstić information content (AvgIpc) is 2.89. The molecular formula is C26H29F2N5O3S. The molecule has 0 unspecified atom stereocenters. The zero-order valence-corrected chi connectivity index (χ0v) is 21.8. The molecular weight excluding hydrogens is 500 g/mol. The van der Waals surface area contributed by atoms with Crippen LogP contribution in [0.3, 0.4) is 0 Å². The van der Waals surface area contributed by atoms with Gasteiger partial charge in [0.05, 0.1) is 18.4 Å². The van der Waals surface area contributed by atoms with Crippen LogP contribution in [0.4, 0.5) is 14.5 Å². The van der Waals surface area contributed by atoms with Gasteiger partial charge in [0.2, 0.25) is 0 Å².